The lowest BCUT2D eigenvalue weighted by atomic mass is 9.82. The van der Waals surface area contributed by atoms with Crippen molar-refractivity contribution in [3.63, 3.8) is 0 Å². The monoisotopic (exact) mass is 486 g/mol. The van der Waals surface area contributed by atoms with Gasteiger partial charge in [-0.3, -0.25) is 9.59 Å². The summed E-state index contributed by atoms with van der Waals surface area (Å²) in [4.78, 5) is 29.3. The van der Waals surface area contributed by atoms with Crippen molar-refractivity contribution in [2.45, 2.75) is 58.9 Å². The fraction of sp³-hybridized carbons (Fsp3) is 0.355. The minimum Gasteiger partial charge on any atom is -0.331 e. The number of halogens is 1. The van der Waals surface area contributed by atoms with Crippen molar-refractivity contribution in [3.8, 4) is 0 Å². The van der Waals surface area contributed by atoms with Crippen molar-refractivity contribution < 1.29 is 14.0 Å². The van der Waals surface area contributed by atoms with Gasteiger partial charge in [0.15, 0.2) is 0 Å². The van der Waals surface area contributed by atoms with Crippen molar-refractivity contribution in [2.75, 3.05) is 11.9 Å². The first-order chi connectivity index (χ1) is 17.1. The molecule has 1 aliphatic rings. The number of likely N-dealkylation sites (tertiary alicyclic amines) is 1. The van der Waals surface area contributed by atoms with Gasteiger partial charge >= 0.3 is 0 Å². The van der Waals surface area contributed by atoms with Gasteiger partial charge in [-0.25, -0.2) is 4.39 Å². The minimum absolute atomic E-state index is 0.0596. The van der Waals surface area contributed by atoms with Crippen LogP contribution >= 0.6 is 0 Å². The predicted octanol–water partition coefficient (Wildman–Crippen LogP) is 6.97. The topological polar surface area (TPSA) is 49.4 Å². The molecule has 5 heteroatoms. The van der Waals surface area contributed by atoms with Crippen LogP contribution in [0.3, 0.4) is 0 Å². The van der Waals surface area contributed by atoms with Crippen LogP contribution in [0, 0.1) is 25.6 Å². The fourth-order valence-corrected chi connectivity index (χ4v) is 5.19. The van der Waals surface area contributed by atoms with Crippen molar-refractivity contribution in [2.24, 2.45) is 5.92 Å². The van der Waals surface area contributed by atoms with Crippen LogP contribution in [0.4, 0.5) is 10.1 Å². The molecule has 0 aromatic heterocycles. The average molecular weight is 487 g/mol. The zero-order valence-electron chi connectivity index (χ0n) is 21.8. The fourth-order valence-electron chi connectivity index (χ4n) is 5.19. The molecule has 0 aliphatic carbocycles. The van der Waals surface area contributed by atoms with Crippen LogP contribution in [0.5, 0.6) is 0 Å². The zero-order chi connectivity index (χ0) is 26.0. The molecule has 0 saturated carbocycles. The number of hydrogen-bond acceptors (Lipinski definition) is 2. The lowest BCUT2D eigenvalue weighted by Gasteiger charge is -2.41. The summed E-state index contributed by atoms with van der Waals surface area (Å²) in [5.41, 5.74) is 4.50. The van der Waals surface area contributed by atoms with Gasteiger partial charge in [-0.1, -0.05) is 69.3 Å². The van der Waals surface area contributed by atoms with E-state index in [0.717, 1.165) is 16.7 Å². The van der Waals surface area contributed by atoms with E-state index in [1.54, 1.807) is 23.1 Å². The molecule has 36 heavy (non-hydrogen) atoms. The first-order valence-corrected chi connectivity index (χ1v) is 12.6. The average Bonchev–Trinajstić information content (AvgIpc) is 2.83. The van der Waals surface area contributed by atoms with Crippen LogP contribution in [0.25, 0.3) is 0 Å². The maximum atomic E-state index is 15.1. The highest BCUT2D eigenvalue weighted by molar-refractivity contribution is 5.99. The van der Waals surface area contributed by atoms with E-state index in [-0.39, 0.29) is 17.2 Å². The van der Waals surface area contributed by atoms with Gasteiger partial charge in [0.05, 0.1) is 12.0 Å². The Morgan fingerprint density at radius 2 is 1.61 bits per heavy atom. The number of rotatable bonds is 4. The number of carbonyl (C=O) groups excluding carboxylic acids is 2. The van der Waals surface area contributed by atoms with Crippen LogP contribution in [-0.2, 0) is 10.2 Å². The molecule has 188 valence electrons. The van der Waals surface area contributed by atoms with Gasteiger partial charge in [-0.15, -0.1) is 0 Å². The molecular formula is C31H35FN2O2. The Kier molecular flexibility index (Phi) is 7.30. The van der Waals surface area contributed by atoms with Gasteiger partial charge in [0, 0.05) is 23.4 Å². The number of nitrogens with zero attached hydrogens (tertiary/aromatic N) is 1. The summed E-state index contributed by atoms with van der Waals surface area (Å²) in [6, 6.07) is 19.4. The Bertz CT molecular complexity index is 1260. The second-order valence-electron chi connectivity index (χ2n) is 10.8. The van der Waals surface area contributed by atoms with E-state index in [1.807, 2.05) is 56.3 Å². The highest BCUT2D eigenvalue weighted by Gasteiger charge is 2.41. The lowest BCUT2D eigenvalue weighted by Crippen LogP contribution is -2.47. The van der Waals surface area contributed by atoms with E-state index in [2.05, 4.69) is 26.1 Å². The van der Waals surface area contributed by atoms with Gasteiger partial charge in [0.1, 0.15) is 5.82 Å². The second-order valence-corrected chi connectivity index (χ2v) is 10.8. The SMILES string of the molecule is Cc1cccc(C)c1C(=O)N1CCC[C@H](C(=O)Nc2cccc(C(C)(C)C)c2)[C@@H]1c1ccccc1F. The van der Waals surface area contributed by atoms with E-state index >= 15 is 4.39 Å². The molecule has 4 nitrogen and oxygen atoms in total. The van der Waals surface area contributed by atoms with Crippen LogP contribution in [-0.4, -0.2) is 23.3 Å². The normalized spacial score (nSPS) is 18.1. The summed E-state index contributed by atoms with van der Waals surface area (Å²) in [5, 5.41) is 3.07. The highest BCUT2D eigenvalue weighted by Crippen LogP contribution is 2.39. The first-order valence-electron chi connectivity index (χ1n) is 12.6. The van der Waals surface area contributed by atoms with Crippen molar-refractivity contribution >= 4 is 17.5 Å². The van der Waals surface area contributed by atoms with Crippen molar-refractivity contribution in [3.05, 3.63) is 100 Å². The number of piperidine rings is 1. The van der Waals surface area contributed by atoms with E-state index in [4.69, 9.17) is 0 Å². The molecule has 0 radical (unpaired) electrons. The summed E-state index contributed by atoms with van der Waals surface area (Å²) < 4.78 is 15.1. The summed E-state index contributed by atoms with van der Waals surface area (Å²) in [5.74, 6) is -1.35. The Morgan fingerprint density at radius 1 is 0.944 bits per heavy atom. The lowest BCUT2D eigenvalue weighted by molar-refractivity contribution is -0.123. The van der Waals surface area contributed by atoms with Gasteiger partial charge in [0.25, 0.3) is 5.91 Å². The summed E-state index contributed by atoms with van der Waals surface area (Å²) in [6.07, 6.45) is 1.24. The maximum absolute atomic E-state index is 15.1. The molecule has 1 N–H and O–H groups in total. The largest absolute Gasteiger partial charge is 0.331 e. The number of nitrogens with one attached hydrogen (secondary N) is 1. The van der Waals surface area contributed by atoms with E-state index < -0.39 is 17.8 Å². The van der Waals surface area contributed by atoms with Crippen molar-refractivity contribution in [1.29, 1.82) is 0 Å². The van der Waals surface area contributed by atoms with Crippen LogP contribution < -0.4 is 5.32 Å². The summed E-state index contributed by atoms with van der Waals surface area (Å²) in [7, 11) is 0. The third kappa shape index (κ3) is 5.20. The molecule has 1 fully saturated rings. The van der Waals surface area contributed by atoms with E-state index in [9.17, 15) is 9.59 Å². The molecule has 3 aromatic carbocycles. The summed E-state index contributed by atoms with van der Waals surface area (Å²) in [6.45, 7) is 10.7. The molecule has 0 spiro atoms. The third-order valence-corrected chi connectivity index (χ3v) is 7.14. The molecule has 1 aliphatic heterocycles. The molecule has 1 saturated heterocycles. The van der Waals surface area contributed by atoms with Crippen LogP contribution in [0.2, 0.25) is 0 Å². The van der Waals surface area contributed by atoms with Crippen molar-refractivity contribution in [1.82, 2.24) is 4.90 Å². The molecule has 0 unspecified atom stereocenters. The highest BCUT2D eigenvalue weighted by atomic mass is 19.1. The van der Waals surface area contributed by atoms with E-state index in [0.29, 0.717) is 36.2 Å². The number of hydrogen-bond donors (Lipinski definition) is 1. The van der Waals surface area contributed by atoms with Gasteiger partial charge < -0.3 is 10.2 Å². The standard InChI is InChI=1S/C31H35FN2O2/c1-20-11-8-12-21(2)27(20)30(36)34-18-10-16-25(28(34)24-15-6-7-17-26(24)32)29(35)33-23-14-9-13-22(19-23)31(3,4)5/h6-9,11-15,17,19,25,28H,10,16,18H2,1-5H3,(H,33,35)/t25-,28-/m0/s1. The molecule has 0 bridgehead atoms. The minimum atomic E-state index is -0.697. The zero-order valence-corrected chi connectivity index (χ0v) is 21.8. The number of aryl methyl sites for hydroxylation is 2. The third-order valence-electron chi connectivity index (χ3n) is 7.14. The smallest absolute Gasteiger partial charge is 0.254 e. The summed E-state index contributed by atoms with van der Waals surface area (Å²) >= 11 is 0. The Morgan fingerprint density at radius 3 is 2.28 bits per heavy atom. The Hall–Kier alpha value is -3.47. The van der Waals surface area contributed by atoms with E-state index in [1.165, 1.54) is 6.07 Å². The maximum Gasteiger partial charge on any atom is 0.254 e. The molecule has 1 heterocycles. The molecule has 2 atom stereocenters. The number of carbonyl (C=O) groups is 2. The molecule has 2 amide bonds. The molecule has 3 aromatic rings. The van der Waals surface area contributed by atoms with Gasteiger partial charge in [0.2, 0.25) is 5.91 Å². The number of benzene rings is 3. The molecule has 4 rings (SSSR count). The Labute approximate surface area is 213 Å². The number of anilines is 1. The van der Waals surface area contributed by atoms with Crippen LogP contribution in [0.15, 0.2) is 66.7 Å². The predicted molar refractivity (Wildman–Crippen MR) is 143 cm³/mol. The Balaban J connectivity index is 1.72. The quantitative estimate of drug-likeness (QED) is 0.433. The molecular weight excluding hydrogens is 451 g/mol. The van der Waals surface area contributed by atoms with Gasteiger partial charge in [-0.2, -0.15) is 0 Å². The number of amides is 2. The second kappa shape index (κ2) is 10.3. The van der Waals surface area contributed by atoms with Crippen LogP contribution in [0.1, 0.15) is 72.3 Å². The van der Waals surface area contributed by atoms with Gasteiger partial charge in [-0.05, 0) is 67.0 Å². The first kappa shape index (κ1) is 25.6.